The molecule has 0 radical (unpaired) electrons. The summed E-state index contributed by atoms with van der Waals surface area (Å²) < 4.78 is 0. The normalized spacial score (nSPS) is 11.3. The van der Waals surface area contributed by atoms with Crippen LogP contribution in [0.3, 0.4) is 0 Å². The van der Waals surface area contributed by atoms with Crippen LogP contribution in [0.25, 0.3) is 0 Å². The van der Waals surface area contributed by atoms with Crippen molar-refractivity contribution in [2.45, 2.75) is 5.60 Å². The van der Waals surface area contributed by atoms with E-state index in [1.165, 1.54) is 6.07 Å². The number of pyridine rings is 2. The van der Waals surface area contributed by atoms with Crippen molar-refractivity contribution >= 4 is 0 Å². The maximum atomic E-state index is 11.3. The number of aliphatic hydroxyl groups is 1. The fourth-order valence-electron chi connectivity index (χ4n) is 2.34. The molecular weight excluding hydrogens is 264 g/mol. The van der Waals surface area contributed by atoms with E-state index in [0.717, 1.165) is 0 Å². The van der Waals surface area contributed by atoms with Crippen LogP contribution in [-0.2, 0) is 5.60 Å². The Morgan fingerprint density at radius 2 is 1.24 bits per heavy atom. The Morgan fingerprint density at radius 3 is 1.71 bits per heavy atom. The number of aromatic nitrogens is 2. The number of rotatable bonds is 3. The highest BCUT2D eigenvalue weighted by molar-refractivity contribution is 5.48. The minimum Gasteiger partial charge on any atom is -0.508 e. The van der Waals surface area contributed by atoms with Gasteiger partial charge in [-0.05, 0) is 30.3 Å². The number of hydrogen-bond donors (Lipinski definition) is 2. The number of nitrogens with zero attached hydrogens (tertiary/aromatic N) is 2. The molecule has 0 unspecified atom stereocenters. The van der Waals surface area contributed by atoms with E-state index in [-0.39, 0.29) is 5.75 Å². The molecule has 2 N–H and O–H groups in total. The number of phenols is 1. The Morgan fingerprint density at radius 1 is 0.714 bits per heavy atom. The summed E-state index contributed by atoms with van der Waals surface area (Å²) in [5.41, 5.74) is -0.439. The van der Waals surface area contributed by atoms with Crippen LogP contribution in [0.15, 0.2) is 73.1 Å². The van der Waals surface area contributed by atoms with Crippen molar-refractivity contribution in [2.24, 2.45) is 0 Å². The van der Waals surface area contributed by atoms with Gasteiger partial charge in [-0.1, -0.05) is 30.3 Å². The van der Waals surface area contributed by atoms with Crippen LogP contribution in [0.4, 0.5) is 0 Å². The monoisotopic (exact) mass is 278 g/mol. The fraction of sp³-hybridized carbons (Fsp3) is 0.0588. The molecule has 0 spiro atoms. The van der Waals surface area contributed by atoms with Crippen LogP contribution >= 0.6 is 0 Å². The van der Waals surface area contributed by atoms with Gasteiger partial charge in [-0.25, -0.2) is 0 Å². The van der Waals surface area contributed by atoms with Crippen LogP contribution in [0, 0.1) is 0 Å². The highest BCUT2D eigenvalue weighted by atomic mass is 16.3. The van der Waals surface area contributed by atoms with Gasteiger partial charge >= 0.3 is 0 Å². The second-order valence-corrected chi connectivity index (χ2v) is 4.66. The largest absolute Gasteiger partial charge is 0.508 e. The maximum Gasteiger partial charge on any atom is 0.177 e. The Labute approximate surface area is 122 Å². The predicted molar refractivity (Wildman–Crippen MR) is 78.7 cm³/mol. The van der Waals surface area contributed by atoms with Crippen molar-refractivity contribution in [3.05, 3.63) is 90.0 Å². The van der Waals surface area contributed by atoms with Gasteiger partial charge in [0, 0.05) is 18.0 Å². The third-order valence-corrected chi connectivity index (χ3v) is 3.37. The molecule has 0 aliphatic carbocycles. The zero-order valence-electron chi connectivity index (χ0n) is 11.2. The minimum atomic E-state index is -1.60. The highest BCUT2D eigenvalue weighted by Gasteiger charge is 2.38. The number of hydrogen-bond acceptors (Lipinski definition) is 4. The molecule has 0 saturated carbocycles. The van der Waals surface area contributed by atoms with Crippen molar-refractivity contribution in [1.82, 2.24) is 9.97 Å². The third-order valence-electron chi connectivity index (χ3n) is 3.37. The molecule has 104 valence electrons. The lowest BCUT2D eigenvalue weighted by atomic mass is 9.85. The van der Waals surface area contributed by atoms with Gasteiger partial charge in [0.2, 0.25) is 0 Å². The summed E-state index contributed by atoms with van der Waals surface area (Å²) in [5.74, 6) is -0.00342. The SMILES string of the molecule is Oc1ccccc1C(O)(c1ccccn1)c1ccccn1. The third kappa shape index (κ3) is 2.26. The average molecular weight is 278 g/mol. The maximum absolute atomic E-state index is 11.3. The molecule has 21 heavy (non-hydrogen) atoms. The van der Waals surface area contributed by atoms with E-state index in [9.17, 15) is 10.2 Å². The first-order chi connectivity index (χ1) is 10.2. The molecule has 0 bridgehead atoms. The van der Waals surface area contributed by atoms with Gasteiger partial charge in [-0.3, -0.25) is 9.97 Å². The second-order valence-electron chi connectivity index (χ2n) is 4.66. The zero-order valence-corrected chi connectivity index (χ0v) is 11.2. The summed E-state index contributed by atoms with van der Waals surface area (Å²) in [6.45, 7) is 0. The highest BCUT2D eigenvalue weighted by Crippen LogP contribution is 2.38. The molecule has 0 atom stereocenters. The lowest BCUT2D eigenvalue weighted by Crippen LogP contribution is -2.31. The second kappa shape index (κ2) is 5.34. The summed E-state index contributed by atoms with van der Waals surface area (Å²) in [5, 5.41) is 21.5. The van der Waals surface area contributed by atoms with Crippen molar-refractivity contribution in [3.63, 3.8) is 0 Å². The van der Waals surface area contributed by atoms with Crippen molar-refractivity contribution in [1.29, 1.82) is 0 Å². The van der Waals surface area contributed by atoms with E-state index in [2.05, 4.69) is 9.97 Å². The van der Waals surface area contributed by atoms with Gasteiger partial charge in [0.1, 0.15) is 5.75 Å². The van der Waals surface area contributed by atoms with Gasteiger partial charge in [0.05, 0.1) is 11.4 Å². The van der Waals surface area contributed by atoms with Gasteiger partial charge in [-0.2, -0.15) is 0 Å². The molecular formula is C17H14N2O2. The first kappa shape index (κ1) is 13.3. The number of para-hydroxylation sites is 1. The first-order valence-electron chi connectivity index (χ1n) is 6.57. The van der Waals surface area contributed by atoms with Gasteiger partial charge in [0.15, 0.2) is 5.60 Å². The number of phenolic OH excluding ortho intramolecular Hbond substituents is 1. The summed E-state index contributed by atoms with van der Waals surface area (Å²) >= 11 is 0. The Balaban J connectivity index is 2.29. The van der Waals surface area contributed by atoms with Gasteiger partial charge in [0.25, 0.3) is 0 Å². The Hall–Kier alpha value is -2.72. The average Bonchev–Trinajstić information content (AvgIpc) is 2.56. The topological polar surface area (TPSA) is 66.2 Å². The fourth-order valence-corrected chi connectivity index (χ4v) is 2.34. The number of benzene rings is 1. The van der Waals surface area contributed by atoms with E-state index >= 15 is 0 Å². The minimum absolute atomic E-state index is 0.00342. The predicted octanol–water partition coefficient (Wildman–Crippen LogP) is 2.47. The van der Waals surface area contributed by atoms with Crippen LogP contribution in [0.5, 0.6) is 5.75 Å². The lowest BCUT2D eigenvalue weighted by Gasteiger charge is -2.28. The molecule has 4 heteroatoms. The van der Waals surface area contributed by atoms with Crippen LogP contribution in [0.2, 0.25) is 0 Å². The summed E-state index contributed by atoms with van der Waals surface area (Å²) in [6, 6.07) is 17.2. The zero-order chi connectivity index (χ0) is 14.7. The summed E-state index contributed by atoms with van der Waals surface area (Å²) in [4.78, 5) is 8.49. The molecule has 4 nitrogen and oxygen atoms in total. The Bertz CT molecular complexity index is 691. The van der Waals surface area contributed by atoms with Crippen molar-refractivity contribution in [2.75, 3.05) is 0 Å². The molecule has 3 rings (SSSR count). The van der Waals surface area contributed by atoms with E-state index < -0.39 is 5.60 Å². The quantitative estimate of drug-likeness (QED) is 0.772. The lowest BCUT2D eigenvalue weighted by molar-refractivity contribution is 0.113. The standard InChI is InChI=1S/C17H14N2O2/c20-14-8-2-1-7-13(14)17(21,15-9-3-5-11-18-15)16-10-4-6-12-19-16/h1-12,20-21H. The van der Waals surface area contributed by atoms with E-state index in [1.807, 2.05) is 0 Å². The van der Waals surface area contributed by atoms with E-state index in [4.69, 9.17) is 0 Å². The molecule has 3 aromatic rings. The van der Waals surface area contributed by atoms with E-state index in [1.54, 1.807) is 67.0 Å². The van der Waals surface area contributed by atoms with Crippen molar-refractivity contribution < 1.29 is 10.2 Å². The van der Waals surface area contributed by atoms with Crippen LogP contribution < -0.4 is 0 Å². The molecule has 0 fully saturated rings. The molecule has 0 aliphatic rings. The van der Waals surface area contributed by atoms with Gasteiger partial charge < -0.3 is 10.2 Å². The van der Waals surface area contributed by atoms with Crippen LogP contribution in [-0.4, -0.2) is 20.2 Å². The Kier molecular flexibility index (Phi) is 3.38. The van der Waals surface area contributed by atoms with Gasteiger partial charge in [-0.15, -0.1) is 0 Å². The molecule has 2 heterocycles. The smallest absolute Gasteiger partial charge is 0.177 e. The molecule has 0 aliphatic heterocycles. The molecule has 1 aromatic carbocycles. The van der Waals surface area contributed by atoms with Crippen LogP contribution in [0.1, 0.15) is 17.0 Å². The first-order valence-corrected chi connectivity index (χ1v) is 6.57. The van der Waals surface area contributed by atoms with E-state index in [0.29, 0.717) is 17.0 Å². The van der Waals surface area contributed by atoms with Crippen molar-refractivity contribution in [3.8, 4) is 5.75 Å². The molecule has 0 saturated heterocycles. The summed E-state index contributed by atoms with van der Waals surface area (Å²) in [7, 11) is 0. The molecule has 0 amide bonds. The molecule has 2 aromatic heterocycles. The summed E-state index contributed by atoms with van der Waals surface area (Å²) in [6.07, 6.45) is 3.20. The number of aromatic hydroxyl groups is 1.